The molecule has 0 bridgehead atoms. The molecule has 1 aromatic carbocycles. The van der Waals surface area contributed by atoms with Crippen molar-refractivity contribution in [2.75, 3.05) is 0 Å². The smallest absolute Gasteiger partial charge is 0.478 e. The van der Waals surface area contributed by atoms with Crippen molar-refractivity contribution >= 4 is 19.6 Å². The summed E-state index contributed by atoms with van der Waals surface area (Å²) < 4.78 is 0. The summed E-state index contributed by atoms with van der Waals surface area (Å²) in [5.41, 5.74) is 3.34. The number of carboxylic acids is 2. The summed E-state index contributed by atoms with van der Waals surface area (Å²) in [6.07, 6.45) is 0.681. The summed E-state index contributed by atoms with van der Waals surface area (Å²) in [4.78, 5) is 21.4. The average Bonchev–Trinajstić information content (AvgIpc) is 3.13. The number of carbonyl (C=O) groups is 2. The predicted octanol–water partition coefficient (Wildman–Crippen LogP) is 1.82. The molecule has 4 N–H and O–H groups in total. The topological polar surface area (TPSA) is 115 Å². The summed E-state index contributed by atoms with van der Waals surface area (Å²) >= 11 is 0. The zero-order valence-electron chi connectivity index (χ0n) is 12.4. The van der Waals surface area contributed by atoms with Crippen molar-refractivity contribution in [1.82, 2.24) is 0 Å². The van der Waals surface area contributed by atoms with E-state index in [0.717, 1.165) is 5.56 Å². The van der Waals surface area contributed by atoms with E-state index in [1.807, 2.05) is 6.92 Å². The van der Waals surface area contributed by atoms with Crippen molar-refractivity contribution in [3.05, 3.63) is 59.2 Å². The van der Waals surface area contributed by atoms with Gasteiger partial charge in [-0.1, -0.05) is 31.2 Å². The Balaban J connectivity index is 0.000000238. The van der Waals surface area contributed by atoms with Crippen LogP contribution in [0.15, 0.2) is 42.5 Å². The third kappa shape index (κ3) is 5.57. The molecule has 0 fully saturated rings. The van der Waals surface area contributed by atoms with E-state index in [2.05, 4.69) is 24.3 Å². The lowest BCUT2D eigenvalue weighted by Gasteiger charge is -2.03. The van der Waals surface area contributed by atoms with Crippen LogP contribution >= 0.6 is 0 Å². The number of aromatic carboxylic acids is 2. The molecule has 0 saturated heterocycles. The summed E-state index contributed by atoms with van der Waals surface area (Å²) in [5, 5.41) is 31.5. The summed E-state index contributed by atoms with van der Waals surface area (Å²) in [6.45, 7) is 1.88. The quantitative estimate of drug-likeness (QED) is 0.548. The molecule has 0 saturated carbocycles. The Morgan fingerprint density at radius 3 is 1.74 bits per heavy atom. The molecule has 0 aliphatic heterocycles. The number of hydrogen-bond acceptors (Lipinski definition) is 4. The van der Waals surface area contributed by atoms with Crippen LogP contribution in [0.3, 0.4) is 0 Å². The van der Waals surface area contributed by atoms with Gasteiger partial charge in [0.05, 0.1) is 11.1 Å². The fourth-order valence-corrected chi connectivity index (χ4v) is 1.85. The van der Waals surface area contributed by atoms with Gasteiger partial charge in [0.15, 0.2) is 0 Å². The molecule has 0 amide bonds. The Morgan fingerprint density at radius 2 is 1.43 bits per heavy atom. The van der Waals surface area contributed by atoms with Gasteiger partial charge in [0, 0.05) is 0 Å². The van der Waals surface area contributed by atoms with Crippen LogP contribution in [0.4, 0.5) is 0 Å². The van der Waals surface area contributed by atoms with E-state index >= 15 is 0 Å². The summed E-state index contributed by atoms with van der Waals surface area (Å²) in [6, 6.07) is 12.8. The standard InChI is InChI=1S/C10H10O4.C6H4.BH2O2/c1-2-6-3-4-7(9(11)12)8(5-6)10(13)14;1-2-5-4-6(5)3-1;2-1-3/h3-5H,2H2,1H3,(H,11,12)(H,13,14);1-4H;2-3H. The van der Waals surface area contributed by atoms with Crippen LogP contribution < -0.4 is 0 Å². The van der Waals surface area contributed by atoms with Gasteiger partial charge in [0.25, 0.3) is 0 Å². The maximum atomic E-state index is 10.7. The molecule has 0 spiro atoms. The SMILES string of the molecule is CCc1ccc(C(=O)O)c(C(=O)O)c1.O[B]O.c1cc2cc-2c1. The second-order valence-electron chi connectivity index (χ2n) is 4.54. The number of hydrogen-bond donors (Lipinski definition) is 4. The first-order valence-electron chi connectivity index (χ1n) is 6.74. The normalized spacial score (nSPS) is 9.52. The van der Waals surface area contributed by atoms with Crippen LogP contribution in [0.2, 0.25) is 0 Å². The molecule has 119 valence electrons. The Hall–Kier alpha value is -2.64. The molecule has 1 aromatic rings. The molecule has 2 aliphatic rings. The minimum atomic E-state index is -1.22. The van der Waals surface area contributed by atoms with E-state index < -0.39 is 11.9 Å². The molecular weight excluding hydrogens is 299 g/mol. The van der Waals surface area contributed by atoms with Crippen LogP contribution in [-0.2, 0) is 6.42 Å². The molecule has 2 aliphatic carbocycles. The Bertz CT molecular complexity index is 681. The number of carboxylic acid groups (broad SMARTS) is 2. The zero-order chi connectivity index (χ0) is 17.4. The molecule has 6 nitrogen and oxygen atoms in total. The predicted molar refractivity (Wildman–Crippen MR) is 85.4 cm³/mol. The van der Waals surface area contributed by atoms with Crippen molar-refractivity contribution in [3.63, 3.8) is 0 Å². The highest BCUT2D eigenvalue weighted by Gasteiger charge is 2.15. The summed E-state index contributed by atoms with van der Waals surface area (Å²) in [5.74, 6) is -2.43. The average molecular weight is 315 g/mol. The zero-order valence-corrected chi connectivity index (χ0v) is 12.4. The molecule has 23 heavy (non-hydrogen) atoms. The van der Waals surface area contributed by atoms with Crippen molar-refractivity contribution in [1.29, 1.82) is 0 Å². The molecule has 0 atom stereocenters. The molecule has 0 unspecified atom stereocenters. The second-order valence-corrected chi connectivity index (χ2v) is 4.54. The minimum Gasteiger partial charge on any atom is -0.478 e. The first-order chi connectivity index (χ1) is 10.9. The molecule has 0 aromatic heterocycles. The van der Waals surface area contributed by atoms with E-state index in [-0.39, 0.29) is 18.8 Å². The van der Waals surface area contributed by atoms with Crippen molar-refractivity contribution in [2.45, 2.75) is 13.3 Å². The van der Waals surface area contributed by atoms with E-state index in [4.69, 9.17) is 20.3 Å². The van der Waals surface area contributed by atoms with Crippen molar-refractivity contribution < 1.29 is 29.9 Å². The maximum Gasteiger partial charge on any atom is 0.482 e. The van der Waals surface area contributed by atoms with E-state index in [9.17, 15) is 9.59 Å². The van der Waals surface area contributed by atoms with Gasteiger partial charge in [0.2, 0.25) is 0 Å². The number of benzene rings is 2. The fraction of sp³-hybridized carbons (Fsp3) is 0.125. The van der Waals surface area contributed by atoms with Gasteiger partial charge in [-0.05, 0) is 41.3 Å². The highest BCUT2D eigenvalue weighted by atomic mass is 16.4. The van der Waals surface area contributed by atoms with Crippen LogP contribution in [0.25, 0.3) is 11.1 Å². The lowest BCUT2D eigenvalue weighted by Crippen LogP contribution is -2.08. The Morgan fingerprint density at radius 1 is 0.913 bits per heavy atom. The van der Waals surface area contributed by atoms with Crippen molar-refractivity contribution in [2.24, 2.45) is 0 Å². The number of fused-ring (bicyclic) bond motifs is 1. The number of aryl methyl sites for hydroxylation is 1. The monoisotopic (exact) mass is 315 g/mol. The minimum absolute atomic E-state index is 0. The van der Waals surface area contributed by atoms with Gasteiger partial charge in [-0.2, -0.15) is 0 Å². The van der Waals surface area contributed by atoms with Crippen LogP contribution in [0.1, 0.15) is 33.2 Å². The van der Waals surface area contributed by atoms with Crippen LogP contribution in [-0.4, -0.2) is 39.9 Å². The maximum absolute atomic E-state index is 10.7. The molecule has 7 heteroatoms. The van der Waals surface area contributed by atoms with E-state index in [0.29, 0.717) is 6.42 Å². The number of rotatable bonds is 3. The molecular formula is C16H16BO6. The largest absolute Gasteiger partial charge is 0.482 e. The van der Waals surface area contributed by atoms with Gasteiger partial charge in [-0.3, -0.25) is 0 Å². The van der Waals surface area contributed by atoms with Gasteiger partial charge >= 0.3 is 19.6 Å². The lowest BCUT2D eigenvalue weighted by atomic mass is 10.0. The third-order valence-electron chi connectivity index (χ3n) is 3.07. The Kier molecular flexibility index (Phi) is 6.98. The van der Waals surface area contributed by atoms with E-state index in [1.54, 1.807) is 6.07 Å². The van der Waals surface area contributed by atoms with Crippen LogP contribution in [0.5, 0.6) is 0 Å². The highest BCUT2D eigenvalue weighted by Crippen LogP contribution is 2.32. The second kappa shape index (κ2) is 8.72. The first kappa shape index (κ1) is 18.4. The third-order valence-corrected chi connectivity index (χ3v) is 3.07. The molecule has 0 heterocycles. The van der Waals surface area contributed by atoms with Gasteiger partial charge < -0.3 is 20.3 Å². The Labute approximate surface area is 134 Å². The summed E-state index contributed by atoms with van der Waals surface area (Å²) in [7, 11) is 0. The molecule has 1 radical (unpaired) electrons. The first-order valence-corrected chi connectivity index (χ1v) is 6.74. The van der Waals surface area contributed by atoms with Gasteiger partial charge in [-0.15, -0.1) is 0 Å². The van der Waals surface area contributed by atoms with Crippen LogP contribution in [0, 0.1) is 0 Å². The lowest BCUT2D eigenvalue weighted by molar-refractivity contribution is 0.0651. The highest BCUT2D eigenvalue weighted by molar-refractivity contribution is 6.13. The van der Waals surface area contributed by atoms with Crippen molar-refractivity contribution in [3.8, 4) is 11.1 Å². The fourth-order valence-electron chi connectivity index (χ4n) is 1.85. The van der Waals surface area contributed by atoms with Gasteiger partial charge in [0.1, 0.15) is 0 Å². The van der Waals surface area contributed by atoms with Gasteiger partial charge in [-0.25, -0.2) is 9.59 Å². The molecule has 3 rings (SSSR count). The van der Waals surface area contributed by atoms with E-state index in [1.165, 1.54) is 23.3 Å².